The second-order valence-electron chi connectivity index (χ2n) is 1.51. The van der Waals surface area contributed by atoms with E-state index in [1.54, 1.807) is 0 Å². The van der Waals surface area contributed by atoms with Crippen LogP contribution in [0.3, 0.4) is 0 Å². The zero-order valence-corrected chi connectivity index (χ0v) is 6.10. The lowest BCUT2D eigenvalue weighted by molar-refractivity contribution is 0.871. The van der Waals surface area contributed by atoms with Crippen LogP contribution in [0.5, 0.6) is 0 Å². The van der Waals surface area contributed by atoms with E-state index < -0.39 is 0 Å². The first kappa shape index (κ1) is 22.5. The van der Waals surface area contributed by atoms with Crippen molar-refractivity contribution in [1.82, 2.24) is 0 Å². The van der Waals surface area contributed by atoms with Crippen LogP contribution >= 0.6 is 0 Å². The zero-order valence-electron chi connectivity index (χ0n) is 6.10. The molecule has 0 N–H and O–H groups in total. The second kappa shape index (κ2) is 35.0. The van der Waals surface area contributed by atoms with Gasteiger partial charge in [-0.05, 0) is 19.3 Å². The van der Waals surface area contributed by atoms with Crippen molar-refractivity contribution in [3.63, 3.8) is 0 Å². The third kappa shape index (κ3) is 46.4. The van der Waals surface area contributed by atoms with Crippen LogP contribution in [0.1, 0.15) is 34.1 Å². The van der Waals surface area contributed by atoms with Crippen molar-refractivity contribution < 1.29 is 0 Å². The Bertz CT molecular complexity index is 54.4. The minimum absolute atomic E-state index is 0. The van der Waals surface area contributed by atoms with E-state index in [0.29, 0.717) is 0 Å². The minimum Gasteiger partial charge on any atom is -0.106 e. The molecule has 0 saturated carbocycles. The van der Waals surface area contributed by atoms with Crippen molar-refractivity contribution in [2.24, 2.45) is 0 Å². The van der Waals surface area contributed by atoms with E-state index in [4.69, 9.17) is 0 Å². The van der Waals surface area contributed by atoms with Crippen LogP contribution in [-0.4, -0.2) is 0 Å². The highest BCUT2D eigenvalue weighted by molar-refractivity contribution is 4.71. The Hall–Kier alpha value is -0.780. The summed E-state index contributed by atoms with van der Waals surface area (Å²) in [5, 5.41) is 0. The fraction of sp³-hybridized carbons (Fsp3) is 0.455. The van der Waals surface area contributed by atoms with Gasteiger partial charge in [-0.1, -0.05) is 27.0 Å². The van der Waals surface area contributed by atoms with Gasteiger partial charge in [0.2, 0.25) is 0 Å². The van der Waals surface area contributed by atoms with Crippen LogP contribution in [0.15, 0.2) is 38.5 Å². The van der Waals surface area contributed by atoms with Gasteiger partial charge >= 0.3 is 0 Å². The topological polar surface area (TPSA) is 0 Å². The van der Waals surface area contributed by atoms with Gasteiger partial charge in [0, 0.05) is 0 Å². The van der Waals surface area contributed by atoms with Crippen LogP contribution in [0.2, 0.25) is 0 Å². The summed E-state index contributed by atoms with van der Waals surface area (Å²) in [4.78, 5) is 0. The smallest absolute Gasteiger partial charge is 0.0350 e. The maximum Gasteiger partial charge on any atom is -0.0350 e. The molecule has 0 unspecified atom stereocenters. The molecule has 0 bridgehead atoms. The standard InChI is InChI=1S/C7H12.C2H4.2CH4/c1-3-5-7-6-4-2;1-2;;/h3-4H,1-2,5-7H2;1-2H2;2*1H4. The third-order valence-electron chi connectivity index (χ3n) is 0.816. The fourth-order valence-electron chi connectivity index (χ4n) is 0.407. The van der Waals surface area contributed by atoms with Gasteiger partial charge in [0.05, 0.1) is 0 Å². The molecule has 0 saturated heterocycles. The van der Waals surface area contributed by atoms with E-state index in [0.717, 1.165) is 12.8 Å². The largest absolute Gasteiger partial charge is 0.106 e. The maximum absolute atomic E-state index is 3.60. The molecule has 0 atom stereocenters. The third-order valence-corrected chi connectivity index (χ3v) is 0.816. The number of allylic oxidation sites excluding steroid dienone is 2. The van der Waals surface area contributed by atoms with E-state index in [9.17, 15) is 0 Å². The molecule has 0 rings (SSSR count). The first-order valence-corrected chi connectivity index (χ1v) is 3.13. The highest BCUT2D eigenvalue weighted by Gasteiger charge is 1.74. The average molecular weight is 156 g/mol. The number of hydrogen-bond acceptors (Lipinski definition) is 0. The molecule has 0 fully saturated rings. The molecule has 0 aliphatic rings. The lowest BCUT2D eigenvalue weighted by Gasteiger charge is -1.84. The van der Waals surface area contributed by atoms with E-state index in [1.165, 1.54) is 6.42 Å². The summed E-state index contributed by atoms with van der Waals surface area (Å²) in [5.74, 6) is 0. The Balaban J connectivity index is -0.0000000564. The van der Waals surface area contributed by atoms with Gasteiger partial charge in [-0.3, -0.25) is 0 Å². The first-order valence-electron chi connectivity index (χ1n) is 3.13. The van der Waals surface area contributed by atoms with Crippen LogP contribution in [0, 0.1) is 0 Å². The zero-order chi connectivity index (χ0) is 7.54. The quantitative estimate of drug-likeness (QED) is 0.412. The molecule has 0 radical (unpaired) electrons. The van der Waals surface area contributed by atoms with E-state index in [-0.39, 0.29) is 14.9 Å². The summed E-state index contributed by atoms with van der Waals surface area (Å²) in [6.45, 7) is 13.2. The predicted molar refractivity (Wildman–Crippen MR) is 59.0 cm³/mol. The average Bonchev–Trinajstić information content (AvgIpc) is 1.94. The Labute approximate surface area is 73.3 Å². The molecule has 0 aliphatic carbocycles. The van der Waals surface area contributed by atoms with E-state index in [2.05, 4.69) is 26.3 Å². The molecule has 0 aliphatic heterocycles. The highest BCUT2D eigenvalue weighted by Crippen LogP contribution is 1.93. The van der Waals surface area contributed by atoms with E-state index in [1.807, 2.05) is 12.2 Å². The van der Waals surface area contributed by atoms with Gasteiger partial charge in [-0.25, -0.2) is 0 Å². The lowest BCUT2D eigenvalue weighted by atomic mass is 10.2. The predicted octanol–water partition coefficient (Wildman–Crippen LogP) is 4.60. The fourth-order valence-corrected chi connectivity index (χ4v) is 0.407. The van der Waals surface area contributed by atoms with Crippen molar-refractivity contribution in [3.8, 4) is 0 Å². The monoisotopic (exact) mass is 156 g/mol. The van der Waals surface area contributed by atoms with Gasteiger partial charge < -0.3 is 0 Å². The van der Waals surface area contributed by atoms with Gasteiger partial charge in [0.25, 0.3) is 0 Å². The highest BCUT2D eigenvalue weighted by atomic mass is 13.8. The molecule has 0 aromatic carbocycles. The van der Waals surface area contributed by atoms with Gasteiger partial charge in [-0.2, -0.15) is 0 Å². The summed E-state index contributed by atoms with van der Waals surface area (Å²) in [6.07, 6.45) is 7.30. The van der Waals surface area contributed by atoms with Gasteiger partial charge in [-0.15, -0.1) is 26.3 Å². The molecule has 0 amide bonds. The first-order chi connectivity index (χ1) is 4.41. The van der Waals surface area contributed by atoms with Crippen molar-refractivity contribution in [2.75, 3.05) is 0 Å². The number of hydrogen-bond donors (Lipinski definition) is 0. The van der Waals surface area contributed by atoms with Crippen molar-refractivity contribution in [3.05, 3.63) is 38.5 Å². The molecule has 0 aromatic rings. The molecule has 0 nitrogen and oxygen atoms in total. The van der Waals surface area contributed by atoms with Crippen LogP contribution < -0.4 is 0 Å². The second-order valence-corrected chi connectivity index (χ2v) is 1.51. The van der Waals surface area contributed by atoms with Crippen LogP contribution in [0.4, 0.5) is 0 Å². The molecule has 0 spiro atoms. The SMILES string of the molecule is C.C.C=C.C=CCCCC=C. The van der Waals surface area contributed by atoms with Crippen LogP contribution in [-0.2, 0) is 0 Å². The lowest BCUT2D eigenvalue weighted by Crippen LogP contribution is -1.64. The van der Waals surface area contributed by atoms with Gasteiger partial charge in [0.15, 0.2) is 0 Å². The molecule has 68 valence electrons. The van der Waals surface area contributed by atoms with E-state index >= 15 is 0 Å². The normalized spacial score (nSPS) is 5.45. The number of rotatable bonds is 4. The molecule has 0 heterocycles. The molecular formula is C11H24. The minimum atomic E-state index is 0. The maximum atomic E-state index is 3.60. The summed E-state index contributed by atoms with van der Waals surface area (Å²) in [6, 6.07) is 0. The molecule has 11 heavy (non-hydrogen) atoms. The Morgan fingerprint density at radius 3 is 1.27 bits per heavy atom. The van der Waals surface area contributed by atoms with Crippen molar-refractivity contribution in [2.45, 2.75) is 34.1 Å². The summed E-state index contributed by atoms with van der Waals surface area (Å²) in [7, 11) is 0. The molecule has 0 heteroatoms. The Morgan fingerprint density at radius 2 is 1.09 bits per heavy atom. The summed E-state index contributed by atoms with van der Waals surface area (Å²) >= 11 is 0. The molecular weight excluding hydrogens is 132 g/mol. The van der Waals surface area contributed by atoms with Gasteiger partial charge in [0.1, 0.15) is 0 Å². The van der Waals surface area contributed by atoms with Crippen LogP contribution in [0.25, 0.3) is 0 Å². The van der Waals surface area contributed by atoms with Crippen molar-refractivity contribution in [1.29, 1.82) is 0 Å². The Kier molecular flexibility index (Phi) is 71.4. The van der Waals surface area contributed by atoms with Crippen molar-refractivity contribution >= 4 is 0 Å². The summed E-state index contributed by atoms with van der Waals surface area (Å²) in [5.41, 5.74) is 0. The number of unbranched alkanes of at least 4 members (excludes halogenated alkanes) is 2. The Morgan fingerprint density at radius 1 is 0.818 bits per heavy atom. The summed E-state index contributed by atoms with van der Waals surface area (Å²) < 4.78 is 0. The molecule has 0 aromatic heterocycles.